The molecule has 0 aliphatic rings. The molecule has 0 atom stereocenters. The number of hydroxylamine groups is 1. The van der Waals surface area contributed by atoms with Gasteiger partial charge in [0.05, 0.1) is 6.61 Å². The van der Waals surface area contributed by atoms with Crippen LogP contribution in [0.5, 0.6) is 0 Å². The van der Waals surface area contributed by atoms with Crippen LogP contribution >= 0.6 is 25.3 Å². The Kier molecular flexibility index (Phi) is 8.33. The van der Waals surface area contributed by atoms with Crippen LogP contribution in [-0.2, 0) is 9.63 Å². The van der Waals surface area contributed by atoms with Crippen molar-refractivity contribution in [3.05, 3.63) is 0 Å². The second-order valence-electron chi connectivity index (χ2n) is 1.92. The Labute approximate surface area is 77.7 Å². The molecule has 0 spiro atoms. The van der Waals surface area contributed by atoms with Crippen LogP contribution in [-0.4, -0.2) is 24.0 Å². The summed E-state index contributed by atoms with van der Waals surface area (Å²) in [7, 11) is 0. The lowest BCUT2D eigenvalue weighted by Gasteiger charge is -2.02. The summed E-state index contributed by atoms with van der Waals surface area (Å²) in [6, 6.07) is 0. The van der Waals surface area contributed by atoms with Crippen molar-refractivity contribution >= 4 is 31.2 Å². The van der Waals surface area contributed by atoms with Gasteiger partial charge < -0.3 is 0 Å². The Morgan fingerprint density at radius 1 is 1.36 bits per heavy atom. The molecule has 0 radical (unpaired) electrons. The van der Waals surface area contributed by atoms with Gasteiger partial charge in [-0.1, -0.05) is 0 Å². The minimum absolute atomic E-state index is 0.126. The van der Waals surface area contributed by atoms with Crippen molar-refractivity contribution in [3.63, 3.8) is 0 Å². The minimum atomic E-state index is -0.126. The number of hydrogen-bond acceptors (Lipinski definition) is 4. The highest BCUT2D eigenvalue weighted by molar-refractivity contribution is 7.80. The van der Waals surface area contributed by atoms with Gasteiger partial charge >= 0.3 is 0 Å². The Morgan fingerprint density at radius 2 is 2.09 bits per heavy atom. The first-order valence-electron chi connectivity index (χ1n) is 3.43. The minimum Gasteiger partial charge on any atom is -0.274 e. The number of carbonyl (C=O) groups is 1. The van der Waals surface area contributed by atoms with Crippen LogP contribution in [0.3, 0.4) is 0 Å². The van der Waals surface area contributed by atoms with Crippen molar-refractivity contribution in [3.8, 4) is 0 Å². The first kappa shape index (κ1) is 11.1. The lowest BCUT2D eigenvalue weighted by Crippen LogP contribution is -2.24. The molecule has 11 heavy (non-hydrogen) atoms. The van der Waals surface area contributed by atoms with Gasteiger partial charge in [-0.05, 0) is 17.9 Å². The molecular formula is C6H13NO2S2. The van der Waals surface area contributed by atoms with Gasteiger partial charge in [0.25, 0.3) is 0 Å². The maximum absolute atomic E-state index is 10.7. The molecule has 3 nitrogen and oxygen atoms in total. The molecule has 0 aliphatic heterocycles. The van der Waals surface area contributed by atoms with Crippen molar-refractivity contribution in [2.75, 3.05) is 18.1 Å². The van der Waals surface area contributed by atoms with E-state index in [2.05, 4.69) is 30.7 Å². The second kappa shape index (κ2) is 8.23. The van der Waals surface area contributed by atoms with Crippen molar-refractivity contribution in [2.45, 2.75) is 12.8 Å². The van der Waals surface area contributed by atoms with E-state index in [1.165, 1.54) is 0 Å². The quantitative estimate of drug-likeness (QED) is 0.331. The van der Waals surface area contributed by atoms with E-state index in [9.17, 15) is 4.79 Å². The van der Waals surface area contributed by atoms with Crippen LogP contribution in [0.25, 0.3) is 0 Å². The maximum Gasteiger partial charge on any atom is 0.244 e. The van der Waals surface area contributed by atoms with Crippen molar-refractivity contribution < 1.29 is 9.63 Å². The summed E-state index contributed by atoms with van der Waals surface area (Å²) in [5.74, 6) is 1.18. The topological polar surface area (TPSA) is 38.3 Å². The molecule has 0 aromatic carbocycles. The van der Waals surface area contributed by atoms with Crippen molar-refractivity contribution in [1.29, 1.82) is 0 Å². The molecule has 66 valence electrons. The second-order valence-corrected chi connectivity index (χ2v) is 2.82. The molecule has 5 heteroatoms. The van der Waals surface area contributed by atoms with Gasteiger partial charge in [0.15, 0.2) is 0 Å². The number of rotatable bonds is 6. The van der Waals surface area contributed by atoms with Crippen LogP contribution in [0.2, 0.25) is 0 Å². The van der Waals surface area contributed by atoms with E-state index >= 15 is 0 Å². The molecule has 0 aromatic rings. The lowest BCUT2D eigenvalue weighted by atomic mass is 10.5. The third-order valence-electron chi connectivity index (χ3n) is 0.929. The molecule has 0 saturated carbocycles. The van der Waals surface area contributed by atoms with E-state index in [1.807, 2.05) is 0 Å². The van der Waals surface area contributed by atoms with Crippen LogP contribution in [0.4, 0.5) is 0 Å². The maximum atomic E-state index is 10.7. The summed E-state index contributed by atoms with van der Waals surface area (Å²) in [4.78, 5) is 15.5. The Balaban J connectivity index is 3.04. The summed E-state index contributed by atoms with van der Waals surface area (Å²) in [5, 5.41) is 0. The summed E-state index contributed by atoms with van der Waals surface area (Å²) in [6.45, 7) is 0.516. The zero-order chi connectivity index (χ0) is 8.53. The molecule has 0 unspecified atom stereocenters. The highest BCUT2D eigenvalue weighted by Crippen LogP contribution is 1.86. The SMILES string of the molecule is O=C(CCS)NOCCCS. The third-order valence-corrected chi connectivity index (χ3v) is 1.47. The summed E-state index contributed by atoms with van der Waals surface area (Å²) >= 11 is 7.88. The lowest BCUT2D eigenvalue weighted by molar-refractivity contribution is -0.133. The van der Waals surface area contributed by atoms with Crippen LogP contribution in [0.15, 0.2) is 0 Å². The number of nitrogens with one attached hydrogen (secondary N) is 1. The highest BCUT2D eigenvalue weighted by Gasteiger charge is 1.96. The standard InChI is InChI=1S/C6H13NO2S2/c8-6(2-5-11)7-9-3-1-4-10/h10-11H,1-5H2,(H,7,8). The van der Waals surface area contributed by atoms with Crippen LogP contribution < -0.4 is 5.48 Å². The molecule has 0 heterocycles. The Morgan fingerprint density at radius 3 is 2.64 bits per heavy atom. The number of carbonyl (C=O) groups excluding carboxylic acids is 1. The molecule has 0 aromatic heterocycles. The van der Waals surface area contributed by atoms with Gasteiger partial charge in [0.2, 0.25) is 5.91 Å². The predicted molar refractivity (Wildman–Crippen MR) is 51.0 cm³/mol. The summed E-state index contributed by atoms with van der Waals surface area (Å²) < 4.78 is 0. The smallest absolute Gasteiger partial charge is 0.244 e. The van der Waals surface area contributed by atoms with Gasteiger partial charge in [0, 0.05) is 6.42 Å². The fourth-order valence-corrected chi connectivity index (χ4v) is 0.753. The largest absolute Gasteiger partial charge is 0.274 e. The molecule has 0 fully saturated rings. The van der Waals surface area contributed by atoms with Crippen molar-refractivity contribution in [2.24, 2.45) is 0 Å². The summed E-state index contributed by atoms with van der Waals surface area (Å²) in [6.07, 6.45) is 1.23. The molecule has 1 amide bonds. The molecule has 0 rings (SSSR count). The zero-order valence-electron chi connectivity index (χ0n) is 6.25. The first-order valence-corrected chi connectivity index (χ1v) is 4.70. The van der Waals surface area contributed by atoms with Gasteiger partial charge in [-0.25, -0.2) is 5.48 Å². The van der Waals surface area contributed by atoms with E-state index in [-0.39, 0.29) is 5.91 Å². The Hall–Kier alpha value is 0.130. The fraction of sp³-hybridized carbons (Fsp3) is 0.833. The fourth-order valence-electron chi connectivity index (χ4n) is 0.421. The Bertz CT molecular complexity index is 111. The van der Waals surface area contributed by atoms with Crippen molar-refractivity contribution in [1.82, 2.24) is 5.48 Å². The molecule has 0 aliphatic carbocycles. The third kappa shape index (κ3) is 8.03. The number of hydrogen-bond donors (Lipinski definition) is 3. The van der Waals surface area contributed by atoms with E-state index in [1.54, 1.807) is 0 Å². The average molecular weight is 195 g/mol. The predicted octanol–water partition coefficient (Wildman–Crippen LogP) is 0.674. The monoisotopic (exact) mass is 195 g/mol. The number of amides is 1. The first-order chi connectivity index (χ1) is 5.31. The van der Waals surface area contributed by atoms with Gasteiger partial charge in [0.1, 0.15) is 0 Å². The van der Waals surface area contributed by atoms with Crippen LogP contribution in [0.1, 0.15) is 12.8 Å². The van der Waals surface area contributed by atoms with E-state index < -0.39 is 0 Å². The molecule has 0 bridgehead atoms. The molecule has 0 saturated heterocycles. The molecular weight excluding hydrogens is 182 g/mol. The summed E-state index contributed by atoms with van der Waals surface area (Å²) in [5.41, 5.74) is 2.30. The van der Waals surface area contributed by atoms with E-state index in [0.29, 0.717) is 18.8 Å². The average Bonchev–Trinajstić information content (AvgIpc) is 1.99. The highest BCUT2D eigenvalue weighted by atomic mass is 32.1. The molecule has 1 N–H and O–H groups in total. The van der Waals surface area contributed by atoms with E-state index in [0.717, 1.165) is 12.2 Å². The van der Waals surface area contributed by atoms with Crippen LogP contribution in [0, 0.1) is 0 Å². The normalized spacial score (nSPS) is 9.64. The van der Waals surface area contributed by atoms with Gasteiger partial charge in [-0.3, -0.25) is 9.63 Å². The zero-order valence-corrected chi connectivity index (χ0v) is 8.04. The van der Waals surface area contributed by atoms with Gasteiger partial charge in [-0.2, -0.15) is 25.3 Å². The van der Waals surface area contributed by atoms with Gasteiger partial charge in [-0.15, -0.1) is 0 Å². The van der Waals surface area contributed by atoms with E-state index in [4.69, 9.17) is 4.84 Å². The number of thiol groups is 2.